The van der Waals surface area contributed by atoms with Gasteiger partial charge in [-0.3, -0.25) is 9.59 Å². The number of ketones is 1. The van der Waals surface area contributed by atoms with Gasteiger partial charge in [-0.1, -0.05) is 54.6 Å². The molecular weight excluding hydrogens is 416 g/mol. The fourth-order valence-electron chi connectivity index (χ4n) is 4.11. The van der Waals surface area contributed by atoms with Crippen molar-refractivity contribution in [3.8, 4) is 22.8 Å². The van der Waals surface area contributed by atoms with Gasteiger partial charge in [-0.15, -0.1) is 0 Å². The van der Waals surface area contributed by atoms with Gasteiger partial charge in [0.25, 0.3) is 11.7 Å². The number of para-hydroxylation sites is 1. The molecule has 0 aliphatic carbocycles. The van der Waals surface area contributed by atoms with E-state index >= 15 is 0 Å². The van der Waals surface area contributed by atoms with Gasteiger partial charge in [0.2, 0.25) is 0 Å². The highest BCUT2D eigenvalue weighted by Crippen LogP contribution is 2.33. The lowest BCUT2D eigenvalue weighted by Gasteiger charge is -2.10. The fourth-order valence-corrected chi connectivity index (χ4v) is 4.11. The molecule has 1 aromatic heterocycles. The van der Waals surface area contributed by atoms with Crippen molar-refractivity contribution < 1.29 is 19.1 Å². The van der Waals surface area contributed by atoms with Crippen molar-refractivity contribution in [3.05, 3.63) is 83.9 Å². The van der Waals surface area contributed by atoms with Crippen LogP contribution >= 0.6 is 0 Å². The molecule has 0 aliphatic rings. The number of carbonyl (C=O) groups is 2. The van der Waals surface area contributed by atoms with Gasteiger partial charge in [0.05, 0.1) is 25.5 Å². The first-order chi connectivity index (χ1) is 16.0. The van der Waals surface area contributed by atoms with Crippen molar-refractivity contribution in [2.75, 3.05) is 20.8 Å². The maximum Gasteiger partial charge on any atom is 0.292 e. The topological polar surface area (TPSA) is 69.6 Å². The van der Waals surface area contributed by atoms with E-state index in [-0.39, 0.29) is 0 Å². The van der Waals surface area contributed by atoms with Crippen LogP contribution in [0.25, 0.3) is 22.2 Å². The molecule has 0 unspecified atom stereocenters. The number of aromatic nitrogens is 1. The Morgan fingerprint density at radius 1 is 0.879 bits per heavy atom. The summed E-state index contributed by atoms with van der Waals surface area (Å²) < 4.78 is 12.6. The number of aryl methyl sites for hydroxylation is 1. The lowest BCUT2D eigenvalue weighted by molar-refractivity contribution is -0.116. The number of amides is 1. The molecule has 0 radical (unpaired) electrons. The number of methoxy groups -OCH3 is 2. The van der Waals surface area contributed by atoms with Gasteiger partial charge in [0, 0.05) is 24.5 Å². The third-order valence-electron chi connectivity index (χ3n) is 5.73. The second kappa shape index (κ2) is 9.61. The van der Waals surface area contributed by atoms with Crippen LogP contribution in [0.2, 0.25) is 0 Å². The van der Waals surface area contributed by atoms with E-state index in [1.54, 1.807) is 14.2 Å². The summed E-state index contributed by atoms with van der Waals surface area (Å²) >= 11 is 0. The highest BCUT2D eigenvalue weighted by molar-refractivity contribution is 6.46. The molecule has 1 heterocycles. The molecule has 3 aromatic carbocycles. The fraction of sp³-hybridized carbons (Fsp3) is 0.185. The van der Waals surface area contributed by atoms with E-state index in [0.717, 1.165) is 27.7 Å². The number of hydrogen-bond acceptors (Lipinski definition) is 4. The third-order valence-corrected chi connectivity index (χ3v) is 5.73. The SMILES string of the molecule is COc1ccc(CCNC(=O)C(=O)c2c(-c3ccccc3)n(C)c3ccccc23)cc1OC. The van der Waals surface area contributed by atoms with Gasteiger partial charge in [-0.25, -0.2) is 0 Å². The zero-order valence-electron chi connectivity index (χ0n) is 18.9. The minimum atomic E-state index is -0.621. The van der Waals surface area contributed by atoms with Crippen LogP contribution in [0.1, 0.15) is 15.9 Å². The molecule has 0 atom stereocenters. The Morgan fingerprint density at radius 2 is 1.58 bits per heavy atom. The molecule has 0 saturated carbocycles. The standard InChI is InChI=1S/C27H26N2O4/c1-29-21-12-8-7-11-20(21)24(25(29)19-9-5-4-6-10-19)26(30)27(31)28-16-15-18-13-14-22(32-2)23(17-18)33-3/h4-14,17H,15-16H2,1-3H3,(H,28,31). The third kappa shape index (κ3) is 4.32. The number of ether oxygens (including phenoxy) is 2. The molecule has 6 heteroatoms. The van der Waals surface area contributed by atoms with Gasteiger partial charge in [-0.05, 0) is 35.7 Å². The summed E-state index contributed by atoms with van der Waals surface area (Å²) in [6, 6.07) is 22.9. The Kier molecular flexibility index (Phi) is 6.45. The highest BCUT2D eigenvalue weighted by atomic mass is 16.5. The summed E-state index contributed by atoms with van der Waals surface area (Å²) in [7, 11) is 5.08. The predicted molar refractivity (Wildman–Crippen MR) is 129 cm³/mol. The highest BCUT2D eigenvalue weighted by Gasteiger charge is 2.26. The second-order valence-electron chi connectivity index (χ2n) is 7.69. The van der Waals surface area contributed by atoms with E-state index in [2.05, 4.69) is 5.32 Å². The normalized spacial score (nSPS) is 10.8. The quantitative estimate of drug-likeness (QED) is 0.324. The van der Waals surface area contributed by atoms with Crippen molar-refractivity contribution in [2.45, 2.75) is 6.42 Å². The average molecular weight is 443 g/mol. The molecule has 1 N–H and O–H groups in total. The number of Topliss-reactive ketones (excluding diaryl/α,β-unsaturated/α-hetero) is 1. The van der Waals surface area contributed by atoms with Crippen molar-refractivity contribution >= 4 is 22.6 Å². The van der Waals surface area contributed by atoms with E-state index in [4.69, 9.17) is 9.47 Å². The summed E-state index contributed by atoms with van der Waals surface area (Å²) in [5.74, 6) is 0.104. The Hall–Kier alpha value is -4.06. The summed E-state index contributed by atoms with van der Waals surface area (Å²) in [6.45, 7) is 0.325. The Bertz CT molecular complexity index is 1310. The van der Waals surface area contributed by atoms with E-state index in [0.29, 0.717) is 30.0 Å². The monoisotopic (exact) mass is 442 g/mol. The first-order valence-electron chi connectivity index (χ1n) is 10.7. The molecule has 6 nitrogen and oxygen atoms in total. The van der Waals surface area contributed by atoms with Crippen LogP contribution in [0, 0.1) is 0 Å². The minimum Gasteiger partial charge on any atom is -0.493 e. The molecule has 33 heavy (non-hydrogen) atoms. The van der Waals surface area contributed by atoms with Gasteiger partial charge in [-0.2, -0.15) is 0 Å². The lowest BCUT2D eigenvalue weighted by Crippen LogP contribution is -2.32. The number of rotatable bonds is 8. The van der Waals surface area contributed by atoms with Crippen molar-refractivity contribution in [1.82, 2.24) is 9.88 Å². The predicted octanol–water partition coefficient (Wildman–Crippen LogP) is 4.40. The van der Waals surface area contributed by atoms with Gasteiger partial charge >= 0.3 is 0 Å². The summed E-state index contributed by atoms with van der Waals surface area (Å²) in [5, 5.41) is 3.54. The van der Waals surface area contributed by atoms with E-state index in [9.17, 15) is 9.59 Å². The van der Waals surface area contributed by atoms with Crippen LogP contribution in [0.4, 0.5) is 0 Å². The Morgan fingerprint density at radius 3 is 2.30 bits per heavy atom. The maximum atomic E-state index is 13.3. The summed E-state index contributed by atoms with van der Waals surface area (Å²) in [6.07, 6.45) is 0.556. The molecule has 168 valence electrons. The van der Waals surface area contributed by atoms with E-state index in [1.165, 1.54) is 0 Å². The Balaban J connectivity index is 1.57. The first-order valence-corrected chi connectivity index (χ1v) is 10.7. The number of benzene rings is 3. The summed E-state index contributed by atoms with van der Waals surface area (Å²) in [4.78, 5) is 26.2. The van der Waals surface area contributed by atoms with Crippen LogP contribution in [-0.2, 0) is 18.3 Å². The molecule has 0 aliphatic heterocycles. The molecule has 0 spiro atoms. The zero-order valence-corrected chi connectivity index (χ0v) is 18.9. The average Bonchev–Trinajstić information content (AvgIpc) is 3.16. The molecule has 0 saturated heterocycles. The second-order valence-corrected chi connectivity index (χ2v) is 7.69. The number of hydrogen-bond donors (Lipinski definition) is 1. The van der Waals surface area contributed by atoms with Crippen molar-refractivity contribution in [2.24, 2.45) is 7.05 Å². The minimum absolute atomic E-state index is 0.325. The molecular formula is C27H26N2O4. The van der Waals surface area contributed by atoms with Gasteiger partial charge in [0.15, 0.2) is 11.5 Å². The number of nitrogens with one attached hydrogen (secondary N) is 1. The van der Waals surface area contributed by atoms with Crippen molar-refractivity contribution in [1.29, 1.82) is 0 Å². The zero-order chi connectivity index (χ0) is 23.4. The van der Waals surface area contributed by atoms with Gasteiger partial charge < -0.3 is 19.4 Å². The summed E-state index contributed by atoms with van der Waals surface area (Å²) in [5.41, 5.74) is 3.91. The smallest absolute Gasteiger partial charge is 0.292 e. The van der Waals surface area contributed by atoms with Crippen LogP contribution in [-0.4, -0.2) is 37.0 Å². The number of fused-ring (bicyclic) bond motifs is 1. The Labute approximate surface area is 192 Å². The molecule has 0 fully saturated rings. The number of nitrogens with zero attached hydrogens (tertiary/aromatic N) is 1. The van der Waals surface area contributed by atoms with Crippen LogP contribution < -0.4 is 14.8 Å². The lowest BCUT2D eigenvalue weighted by atomic mass is 10.0. The number of carbonyl (C=O) groups excluding carboxylic acids is 2. The molecule has 4 aromatic rings. The van der Waals surface area contributed by atoms with E-state index < -0.39 is 11.7 Å². The molecule has 0 bridgehead atoms. The molecule has 4 rings (SSSR count). The van der Waals surface area contributed by atoms with Crippen LogP contribution in [0.3, 0.4) is 0 Å². The maximum absolute atomic E-state index is 13.3. The largest absolute Gasteiger partial charge is 0.493 e. The first kappa shape index (κ1) is 22.1. The van der Waals surface area contributed by atoms with E-state index in [1.807, 2.05) is 84.4 Å². The molecule has 1 amide bonds. The van der Waals surface area contributed by atoms with Crippen LogP contribution in [0.5, 0.6) is 11.5 Å². The van der Waals surface area contributed by atoms with Crippen molar-refractivity contribution in [3.63, 3.8) is 0 Å². The van der Waals surface area contributed by atoms with Gasteiger partial charge in [0.1, 0.15) is 0 Å². The van der Waals surface area contributed by atoms with Crippen LogP contribution in [0.15, 0.2) is 72.8 Å².